The Morgan fingerprint density at radius 3 is 2.52 bits per heavy atom. The largest absolute Gasteiger partial charge is 0.491 e. The minimum Gasteiger partial charge on any atom is -0.491 e. The van der Waals surface area contributed by atoms with Crippen LogP contribution in [0, 0.1) is 6.92 Å². The highest BCUT2D eigenvalue weighted by Gasteiger charge is 2.11. The molecule has 9 heteroatoms. The number of rotatable bonds is 7. The van der Waals surface area contributed by atoms with Crippen LogP contribution < -0.4 is 20.9 Å². The van der Waals surface area contributed by atoms with E-state index in [9.17, 15) is 9.59 Å². The number of nitrogens with one attached hydrogen (secondary N) is 3. The maximum absolute atomic E-state index is 12.3. The number of carbonyl (C=O) groups excluding carboxylic acids is 2. The zero-order chi connectivity index (χ0) is 21.2. The molecule has 2 aromatic carbocycles. The summed E-state index contributed by atoms with van der Waals surface area (Å²) in [6, 6.07) is 11.9. The monoisotopic (exact) mass is 479 g/mol. The Bertz CT molecular complexity index is 892. The maximum Gasteiger partial charge on any atom is 0.269 e. The van der Waals surface area contributed by atoms with Crippen LogP contribution in [0.3, 0.4) is 0 Å². The van der Waals surface area contributed by atoms with Crippen LogP contribution in [0.1, 0.15) is 33.2 Å². The molecule has 0 heterocycles. The van der Waals surface area contributed by atoms with E-state index >= 15 is 0 Å². The zero-order valence-electron chi connectivity index (χ0n) is 16.1. The van der Waals surface area contributed by atoms with E-state index in [-0.39, 0.29) is 11.0 Å². The summed E-state index contributed by atoms with van der Waals surface area (Å²) >= 11 is 8.44. The predicted molar refractivity (Wildman–Crippen MR) is 118 cm³/mol. The van der Waals surface area contributed by atoms with Crippen molar-refractivity contribution in [3.63, 3.8) is 0 Å². The average Bonchev–Trinajstić information content (AvgIpc) is 2.71. The van der Waals surface area contributed by atoms with Crippen LogP contribution >= 0.6 is 28.1 Å². The zero-order valence-corrected chi connectivity index (χ0v) is 18.5. The molecule has 0 aliphatic carbocycles. The second-order valence-corrected chi connectivity index (χ2v) is 7.16. The molecule has 0 aromatic heterocycles. The number of hydrazine groups is 1. The fourth-order valence-electron chi connectivity index (χ4n) is 2.22. The molecule has 0 saturated heterocycles. The number of aryl methyl sites for hydroxylation is 1. The lowest BCUT2D eigenvalue weighted by atomic mass is 10.1. The number of hydrogen-bond acceptors (Lipinski definition) is 5. The van der Waals surface area contributed by atoms with E-state index < -0.39 is 5.91 Å². The van der Waals surface area contributed by atoms with Crippen LogP contribution in [0.15, 0.2) is 46.9 Å². The lowest BCUT2D eigenvalue weighted by Gasteiger charge is -2.12. The molecule has 0 radical (unpaired) electrons. The number of amides is 2. The molecule has 0 saturated carbocycles. The fourth-order valence-corrected chi connectivity index (χ4v) is 2.74. The number of thiocarbonyl (C=S) groups is 1. The highest BCUT2D eigenvalue weighted by Crippen LogP contribution is 2.17. The number of benzene rings is 2. The Balaban J connectivity index is 1.84. The lowest BCUT2D eigenvalue weighted by molar-refractivity contribution is 0.0934. The van der Waals surface area contributed by atoms with Crippen LogP contribution in [-0.2, 0) is 4.74 Å². The van der Waals surface area contributed by atoms with Gasteiger partial charge in [-0.2, -0.15) is 0 Å². The first-order chi connectivity index (χ1) is 13.9. The first kappa shape index (κ1) is 22.8. The molecule has 2 rings (SSSR count). The van der Waals surface area contributed by atoms with Gasteiger partial charge in [0.2, 0.25) is 0 Å². The Morgan fingerprint density at radius 2 is 1.79 bits per heavy atom. The molecular weight excluding hydrogens is 458 g/mol. The van der Waals surface area contributed by atoms with Crippen molar-refractivity contribution in [2.24, 2.45) is 0 Å². The van der Waals surface area contributed by atoms with E-state index in [1.807, 2.05) is 19.9 Å². The summed E-state index contributed by atoms with van der Waals surface area (Å²) in [4.78, 5) is 24.5. The van der Waals surface area contributed by atoms with Crippen molar-refractivity contribution >= 4 is 45.1 Å². The molecule has 154 valence electrons. The highest BCUT2D eigenvalue weighted by atomic mass is 79.9. The number of halogens is 1. The molecule has 0 aliphatic rings. The minimum absolute atomic E-state index is 0.0304. The van der Waals surface area contributed by atoms with Gasteiger partial charge in [0.15, 0.2) is 5.11 Å². The smallest absolute Gasteiger partial charge is 0.269 e. The molecular formula is C20H22BrN3O4S. The topological polar surface area (TPSA) is 88.7 Å². The average molecular weight is 480 g/mol. The lowest BCUT2D eigenvalue weighted by Crippen LogP contribution is -2.48. The maximum atomic E-state index is 12.3. The van der Waals surface area contributed by atoms with Gasteiger partial charge in [0, 0.05) is 22.2 Å². The Morgan fingerprint density at radius 1 is 1.03 bits per heavy atom. The van der Waals surface area contributed by atoms with Gasteiger partial charge in [0.05, 0.1) is 6.61 Å². The van der Waals surface area contributed by atoms with Crippen LogP contribution in [0.25, 0.3) is 0 Å². The van der Waals surface area contributed by atoms with E-state index in [1.165, 1.54) is 0 Å². The summed E-state index contributed by atoms with van der Waals surface area (Å²) in [6.07, 6.45) is 0. The SMILES string of the molecule is CCOCCOc1cccc(C(=O)NC(=S)NNC(=O)c2ccc(C)c(Br)c2)c1. The molecule has 0 bridgehead atoms. The first-order valence-electron chi connectivity index (χ1n) is 8.89. The van der Waals surface area contributed by atoms with Crippen molar-refractivity contribution in [3.8, 4) is 5.75 Å². The summed E-state index contributed by atoms with van der Waals surface area (Å²) in [6.45, 7) is 5.31. The van der Waals surface area contributed by atoms with Gasteiger partial charge in [0.1, 0.15) is 12.4 Å². The summed E-state index contributed by atoms with van der Waals surface area (Å²) in [5.41, 5.74) is 6.80. The summed E-state index contributed by atoms with van der Waals surface area (Å²) in [7, 11) is 0. The van der Waals surface area contributed by atoms with Crippen LogP contribution in [0.4, 0.5) is 0 Å². The van der Waals surface area contributed by atoms with E-state index in [0.717, 1.165) is 10.0 Å². The normalized spacial score (nSPS) is 10.2. The van der Waals surface area contributed by atoms with Gasteiger partial charge in [-0.25, -0.2) is 0 Å². The minimum atomic E-state index is -0.426. The van der Waals surface area contributed by atoms with Crippen molar-refractivity contribution in [1.82, 2.24) is 16.2 Å². The Kier molecular flexibility index (Phi) is 9.04. The second-order valence-electron chi connectivity index (χ2n) is 5.90. The third kappa shape index (κ3) is 7.45. The third-order valence-electron chi connectivity index (χ3n) is 3.75. The molecule has 3 N–H and O–H groups in total. The van der Waals surface area contributed by atoms with E-state index in [0.29, 0.717) is 36.7 Å². The summed E-state index contributed by atoms with van der Waals surface area (Å²) in [5, 5.41) is 2.47. The molecule has 7 nitrogen and oxygen atoms in total. The quantitative estimate of drug-likeness (QED) is 0.321. The van der Waals surface area contributed by atoms with Gasteiger partial charge in [-0.05, 0) is 62.0 Å². The number of carbonyl (C=O) groups is 2. The van der Waals surface area contributed by atoms with Crippen molar-refractivity contribution in [2.75, 3.05) is 19.8 Å². The molecule has 0 fully saturated rings. The van der Waals surface area contributed by atoms with E-state index in [1.54, 1.807) is 36.4 Å². The van der Waals surface area contributed by atoms with Crippen molar-refractivity contribution in [3.05, 3.63) is 63.6 Å². The molecule has 2 amide bonds. The standard InChI is InChI=1S/C20H22BrN3O4S/c1-3-27-9-10-28-16-6-4-5-14(11-16)18(25)22-20(29)24-23-19(26)15-8-7-13(2)17(21)12-15/h4-8,11-12H,3,9-10H2,1-2H3,(H,23,26)(H2,22,24,25,29). The summed E-state index contributed by atoms with van der Waals surface area (Å²) in [5.74, 6) is -0.258. The Labute approximate surface area is 183 Å². The second kappa shape index (κ2) is 11.5. The highest BCUT2D eigenvalue weighted by molar-refractivity contribution is 9.10. The van der Waals surface area contributed by atoms with Gasteiger partial charge < -0.3 is 9.47 Å². The van der Waals surface area contributed by atoms with Gasteiger partial charge in [0.25, 0.3) is 11.8 Å². The van der Waals surface area contributed by atoms with Crippen LogP contribution in [0.5, 0.6) is 5.75 Å². The molecule has 29 heavy (non-hydrogen) atoms. The molecule has 0 unspecified atom stereocenters. The van der Waals surface area contributed by atoms with Gasteiger partial charge in [-0.15, -0.1) is 0 Å². The van der Waals surface area contributed by atoms with Crippen molar-refractivity contribution in [1.29, 1.82) is 0 Å². The van der Waals surface area contributed by atoms with Crippen molar-refractivity contribution < 1.29 is 19.1 Å². The van der Waals surface area contributed by atoms with Gasteiger partial charge in [-0.1, -0.05) is 28.1 Å². The first-order valence-corrected chi connectivity index (χ1v) is 10.1. The Hall–Kier alpha value is -2.49. The number of hydrogen-bond donors (Lipinski definition) is 3. The molecule has 2 aromatic rings. The van der Waals surface area contributed by atoms with Crippen molar-refractivity contribution in [2.45, 2.75) is 13.8 Å². The third-order valence-corrected chi connectivity index (χ3v) is 4.81. The molecule has 0 atom stereocenters. The van der Waals surface area contributed by atoms with Crippen LogP contribution in [-0.4, -0.2) is 36.7 Å². The van der Waals surface area contributed by atoms with Crippen LogP contribution in [0.2, 0.25) is 0 Å². The molecule has 0 spiro atoms. The van der Waals surface area contributed by atoms with Gasteiger partial charge in [-0.3, -0.25) is 25.8 Å². The summed E-state index contributed by atoms with van der Waals surface area (Å²) < 4.78 is 11.6. The van der Waals surface area contributed by atoms with Gasteiger partial charge >= 0.3 is 0 Å². The predicted octanol–water partition coefficient (Wildman–Crippen LogP) is 3.12. The molecule has 0 aliphatic heterocycles. The number of ether oxygens (including phenoxy) is 2. The van der Waals surface area contributed by atoms with E-state index in [4.69, 9.17) is 21.7 Å². The fraction of sp³-hybridized carbons (Fsp3) is 0.250. The van der Waals surface area contributed by atoms with E-state index in [2.05, 4.69) is 32.1 Å².